The van der Waals surface area contributed by atoms with Gasteiger partial charge in [-0.3, -0.25) is 4.79 Å². The normalized spacial score (nSPS) is 13.6. The molecule has 3 rings (SSSR count). The van der Waals surface area contributed by atoms with Crippen LogP contribution in [0.2, 0.25) is 0 Å². The Morgan fingerprint density at radius 3 is 2.74 bits per heavy atom. The molecule has 3 nitrogen and oxygen atoms in total. The lowest BCUT2D eigenvalue weighted by Crippen LogP contribution is -2.16. The Balaban J connectivity index is 1.72. The second kappa shape index (κ2) is 5.14. The molecule has 2 aromatic carbocycles. The predicted molar refractivity (Wildman–Crippen MR) is 70.7 cm³/mol. The van der Waals surface area contributed by atoms with Crippen LogP contribution in [0.5, 0.6) is 5.75 Å². The van der Waals surface area contributed by atoms with Crippen molar-refractivity contribution in [1.82, 2.24) is 0 Å². The minimum absolute atomic E-state index is 0.173. The molecule has 0 fully saturated rings. The monoisotopic (exact) mass is 254 g/mol. The molecule has 0 atom stereocenters. The Morgan fingerprint density at radius 1 is 1.05 bits per heavy atom. The standard InChI is InChI=1S/C16H14O3/c17-16-9-14-8-15(7-6-13(14)11-19-16)18-10-12-4-2-1-3-5-12/h1-8H,9-11H2. The molecule has 2 aromatic rings. The van der Waals surface area contributed by atoms with E-state index in [1.165, 1.54) is 0 Å². The van der Waals surface area contributed by atoms with E-state index in [4.69, 9.17) is 9.47 Å². The summed E-state index contributed by atoms with van der Waals surface area (Å²) in [4.78, 5) is 11.3. The SMILES string of the molecule is O=C1Cc2cc(OCc3ccccc3)ccc2CO1. The lowest BCUT2D eigenvalue weighted by Gasteiger charge is -2.17. The molecule has 96 valence electrons. The van der Waals surface area contributed by atoms with Gasteiger partial charge in [-0.2, -0.15) is 0 Å². The van der Waals surface area contributed by atoms with Crippen LogP contribution in [0.15, 0.2) is 48.5 Å². The van der Waals surface area contributed by atoms with Gasteiger partial charge in [-0.25, -0.2) is 0 Å². The fourth-order valence-corrected chi connectivity index (χ4v) is 2.10. The molecule has 0 bridgehead atoms. The zero-order valence-corrected chi connectivity index (χ0v) is 10.5. The molecule has 0 aromatic heterocycles. The Morgan fingerprint density at radius 2 is 1.89 bits per heavy atom. The lowest BCUT2D eigenvalue weighted by molar-refractivity contribution is -0.145. The molecule has 0 saturated carbocycles. The highest BCUT2D eigenvalue weighted by molar-refractivity contribution is 5.74. The van der Waals surface area contributed by atoms with Gasteiger partial charge in [0, 0.05) is 0 Å². The average molecular weight is 254 g/mol. The topological polar surface area (TPSA) is 35.5 Å². The van der Waals surface area contributed by atoms with Gasteiger partial charge in [-0.15, -0.1) is 0 Å². The van der Waals surface area contributed by atoms with Crippen LogP contribution in [0.1, 0.15) is 16.7 Å². The summed E-state index contributed by atoms with van der Waals surface area (Å²) in [6.07, 6.45) is 0.331. The Kier molecular flexibility index (Phi) is 3.19. The number of cyclic esters (lactones) is 1. The van der Waals surface area contributed by atoms with Crippen molar-refractivity contribution < 1.29 is 14.3 Å². The van der Waals surface area contributed by atoms with Crippen LogP contribution < -0.4 is 4.74 Å². The van der Waals surface area contributed by atoms with Gasteiger partial charge >= 0.3 is 5.97 Å². The molecule has 1 aliphatic heterocycles. The molecular formula is C16H14O3. The summed E-state index contributed by atoms with van der Waals surface area (Å²) < 4.78 is 10.7. The molecule has 0 aliphatic carbocycles. The van der Waals surface area contributed by atoms with Gasteiger partial charge in [0.25, 0.3) is 0 Å². The van der Waals surface area contributed by atoms with E-state index < -0.39 is 0 Å². The molecule has 1 aliphatic rings. The third kappa shape index (κ3) is 2.76. The first kappa shape index (κ1) is 11.8. The maximum Gasteiger partial charge on any atom is 0.310 e. The van der Waals surface area contributed by atoms with Crippen molar-refractivity contribution in [1.29, 1.82) is 0 Å². The van der Waals surface area contributed by atoms with E-state index in [-0.39, 0.29) is 5.97 Å². The maximum atomic E-state index is 11.3. The van der Waals surface area contributed by atoms with Crippen molar-refractivity contribution in [2.24, 2.45) is 0 Å². The van der Waals surface area contributed by atoms with Gasteiger partial charge in [0.05, 0.1) is 6.42 Å². The van der Waals surface area contributed by atoms with E-state index >= 15 is 0 Å². The molecule has 0 spiro atoms. The van der Waals surface area contributed by atoms with E-state index in [1.54, 1.807) is 0 Å². The van der Waals surface area contributed by atoms with Gasteiger partial charge < -0.3 is 9.47 Å². The van der Waals surface area contributed by atoms with Crippen LogP contribution in [0, 0.1) is 0 Å². The van der Waals surface area contributed by atoms with E-state index in [9.17, 15) is 4.79 Å². The number of ether oxygens (including phenoxy) is 2. The van der Waals surface area contributed by atoms with Crippen LogP contribution in [0.25, 0.3) is 0 Å². The first-order valence-electron chi connectivity index (χ1n) is 6.25. The third-order valence-electron chi connectivity index (χ3n) is 3.15. The van der Waals surface area contributed by atoms with Gasteiger partial charge in [0.2, 0.25) is 0 Å². The highest BCUT2D eigenvalue weighted by atomic mass is 16.5. The first-order valence-corrected chi connectivity index (χ1v) is 6.25. The molecule has 0 N–H and O–H groups in total. The van der Waals surface area contributed by atoms with Crippen molar-refractivity contribution in [2.75, 3.05) is 0 Å². The van der Waals surface area contributed by atoms with Crippen LogP contribution in [-0.4, -0.2) is 5.97 Å². The maximum absolute atomic E-state index is 11.3. The summed E-state index contributed by atoms with van der Waals surface area (Å²) in [5.74, 6) is 0.616. The largest absolute Gasteiger partial charge is 0.489 e. The van der Waals surface area contributed by atoms with Gasteiger partial charge in [0.1, 0.15) is 19.0 Å². The fraction of sp³-hybridized carbons (Fsp3) is 0.188. The Hall–Kier alpha value is -2.29. The van der Waals surface area contributed by atoms with Crippen LogP contribution in [0.4, 0.5) is 0 Å². The Labute approximate surface area is 111 Å². The van der Waals surface area contributed by atoms with Crippen molar-refractivity contribution in [2.45, 2.75) is 19.6 Å². The van der Waals surface area contributed by atoms with Crippen molar-refractivity contribution in [3.05, 3.63) is 65.2 Å². The summed E-state index contributed by atoms with van der Waals surface area (Å²) >= 11 is 0. The second-order valence-electron chi connectivity index (χ2n) is 4.54. The molecular weight excluding hydrogens is 240 g/mol. The number of esters is 1. The lowest BCUT2D eigenvalue weighted by atomic mass is 10.0. The molecule has 0 amide bonds. The summed E-state index contributed by atoms with van der Waals surface area (Å²) in [5.41, 5.74) is 3.19. The first-order chi connectivity index (χ1) is 9.31. The van der Waals surface area contributed by atoms with E-state index in [0.717, 1.165) is 22.4 Å². The average Bonchev–Trinajstić information content (AvgIpc) is 2.46. The van der Waals surface area contributed by atoms with E-state index in [0.29, 0.717) is 19.6 Å². The molecule has 0 radical (unpaired) electrons. The second-order valence-corrected chi connectivity index (χ2v) is 4.54. The molecule has 1 heterocycles. The van der Waals surface area contributed by atoms with Crippen LogP contribution in [-0.2, 0) is 29.2 Å². The van der Waals surface area contributed by atoms with Gasteiger partial charge in [-0.05, 0) is 28.8 Å². The van der Waals surface area contributed by atoms with Crippen molar-refractivity contribution in [3.8, 4) is 5.75 Å². The number of carbonyl (C=O) groups excluding carboxylic acids is 1. The number of benzene rings is 2. The number of fused-ring (bicyclic) bond motifs is 1. The summed E-state index contributed by atoms with van der Waals surface area (Å²) in [6.45, 7) is 0.900. The summed E-state index contributed by atoms with van der Waals surface area (Å²) in [7, 11) is 0. The molecule has 0 unspecified atom stereocenters. The Bertz CT molecular complexity index is 590. The zero-order chi connectivity index (χ0) is 13.1. The number of hydrogen-bond acceptors (Lipinski definition) is 3. The highest BCUT2D eigenvalue weighted by Gasteiger charge is 2.16. The number of carbonyl (C=O) groups is 1. The van der Waals surface area contributed by atoms with E-state index in [1.807, 2.05) is 48.5 Å². The fourth-order valence-electron chi connectivity index (χ4n) is 2.10. The van der Waals surface area contributed by atoms with Crippen LogP contribution in [0.3, 0.4) is 0 Å². The third-order valence-corrected chi connectivity index (χ3v) is 3.15. The van der Waals surface area contributed by atoms with Crippen molar-refractivity contribution >= 4 is 5.97 Å². The van der Waals surface area contributed by atoms with Crippen LogP contribution >= 0.6 is 0 Å². The highest BCUT2D eigenvalue weighted by Crippen LogP contribution is 2.23. The van der Waals surface area contributed by atoms with Gasteiger partial charge in [0.15, 0.2) is 0 Å². The minimum Gasteiger partial charge on any atom is -0.489 e. The number of hydrogen-bond donors (Lipinski definition) is 0. The smallest absolute Gasteiger partial charge is 0.310 e. The molecule has 19 heavy (non-hydrogen) atoms. The zero-order valence-electron chi connectivity index (χ0n) is 10.5. The summed E-state index contributed by atoms with van der Waals surface area (Å²) in [6, 6.07) is 15.8. The van der Waals surface area contributed by atoms with Gasteiger partial charge in [-0.1, -0.05) is 36.4 Å². The number of rotatable bonds is 3. The molecule has 3 heteroatoms. The van der Waals surface area contributed by atoms with Crippen molar-refractivity contribution in [3.63, 3.8) is 0 Å². The predicted octanol–water partition coefficient (Wildman–Crippen LogP) is 2.86. The van der Waals surface area contributed by atoms with E-state index in [2.05, 4.69) is 0 Å². The quantitative estimate of drug-likeness (QED) is 0.790. The summed E-state index contributed by atoms with van der Waals surface area (Å²) in [5, 5.41) is 0. The molecule has 0 saturated heterocycles. The minimum atomic E-state index is -0.173.